The molecule has 0 aliphatic rings. The van der Waals surface area contributed by atoms with Gasteiger partial charge >= 0.3 is 16.1 Å². The summed E-state index contributed by atoms with van der Waals surface area (Å²) in [5.41, 5.74) is 0.638. The number of sulfonamides is 1. The molecule has 1 rings (SSSR count). The van der Waals surface area contributed by atoms with Crippen LogP contribution in [0.3, 0.4) is 0 Å². The molecule has 0 aromatic heterocycles. The Morgan fingerprint density at radius 3 is 2.10 bits per heavy atom. The Hall–Kier alpha value is -1.65. The highest BCUT2D eigenvalue weighted by Gasteiger charge is 2.25. The fraction of sp³-hybridized carbons (Fsp3) is 0.632. The highest BCUT2D eigenvalue weighted by atomic mass is 32.2. The van der Waals surface area contributed by atoms with Gasteiger partial charge in [0.15, 0.2) is 0 Å². The first-order valence-electron chi connectivity index (χ1n) is 9.80. The number of hydrogen-bond donors (Lipinski definition) is 1. The maximum absolute atomic E-state index is 12.2. The Kier molecular flexibility index (Phi) is 10.6. The minimum absolute atomic E-state index is 0.0598. The zero-order chi connectivity index (χ0) is 21.9. The van der Waals surface area contributed by atoms with Crippen molar-refractivity contribution in [3.63, 3.8) is 0 Å². The molecule has 0 aliphatic carbocycles. The predicted molar refractivity (Wildman–Crippen MR) is 112 cm³/mol. The summed E-state index contributed by atoms with van der Waals surface area (Å²) in [5, 5.41) is 0. The third-order valence-electron chi connectivity index (χ3n) is 3.99. The third kappa shape index (κ3) is 10.1. The predicted octanol–water partition coefficient (Wildman–Crippen LogP) is 2.39. The molecule has 0 amide bonds. The van der Waals surface area contributed by atoms with Crippen LogP contribution in [-0.2, 0) is 36.1 Å². The van der Waals surface area contributed by atoms with E-state index in [-0.39, 0.29) is 30.3 Å². The molecule has 0 heterocycles. The van der Waals surface area contributed by atoms with Crippen LogP contribution in [0.1, 0.15) is 52.0 Å². The lowest BCUT2D eigenvalue weighted by Crippen LogP contribution is -2.44. The normalized spacial score (nSPS) is 13.1. The molecule has 8 nitrogen and oxygen atoms in total. The van der Waals surface area contributed by atoms with Crippen LogP contribution in [0.5, 0.6) is 5.75 Å². The Bertz CT molecular complexity index is 834. The molecule has 0 radical (unpaired) electrons. The standard InChI is InChI=1S/C19H31NO7S2/c1-4-7-13-28(22,23)20-18(19(21)26-6-3)15-16-9-11-17(12-10-16)27-29(24,25)14-8-5-2/h9-12,18,20H,4-8,13-15H2,1-3H3/t18-/m0/s1. The summed E-state index contributed by atoms with van der Waals surface area (Å²) in [5.74, 6) is -0.617. The van der Waals surface area contributed by atoms with E-state index in [9.17, 15) is 21.6 Å². The molecule has 0 spiro atoms. The lowest BCUT2D eigenvalue weighted by molar-refractivity contribution is -0.145. The van der Waals surface area contributed by atoms with E-state index in [2.05, 4.69) is 4.72 Å². The van der Waals surface area contributed by atoms with Crippen LogP contribution >= 0.6 is 0 Å². The minimum Gasteiger partial charge on any atom is -0.465 e. The molecule has 0 aliphatic heterocycles. The average molecular weight is 450 g/mol. The maximum Gasteiger partial charge on any atom is 0.324 e. The fourth-order valence-electron chi connectivity index (χ4n) is 2.45. The maximum atomic E-state index is 12.2. The van der Waals surface area contributed by atoms with Crippen LogP contribution in [0.4, 0.5) is 0 Å². The molecule has 0 fully saturated rings. The van der Waals surface area contributed by atoms with Crippen LogP contribution in [0.25, 0.3) is 0 Å². The van der Waals surface area contributed by atoms with E-state index in [0.717, 1.165) is 6.42 Å². The van der Waals surface area contributed by atoms with Gasteiger partial charge in [-0.2, -0.15) is 8.42 Å². The van der Waals surface area contributed by atoms with Gasteiger partial charge in [0.2, 0.25) is 10.0 Å². The number of rotatable bonds is 14. The minimum atomic E-state index is -3.65. The van der Waals surface area contributed by atoms with Gasteiger partial charge in [0.25, 0.3) is 0 Å². The molecule has 166 valence electrons. The number of esters is 1. The van der Waals surface area contributed by atoms with Gasteiger partial charge < -0.3 is 8.92 Å². The first-order chi connectivity index (χ1) is 13.6. The fourth-order valence-corrected chi connectivity index (χ4v) is 4.98. The van der Waals surface area contributed by atoms with Crippen molar-refractivity contribution in [3.8, 4) is 5.75 Å². The summed E-state index contributed by atoms with van der Waals surface area (Å²) in [6.07, 6.45) is 2.54. The summed E-state index contributed by atoms with van der Waals surface area (Å²) < 4.78 is 60.5. The van der Waals surface area contributed by atoms with E-state index in [1.807, 2.05) is 13.8 Å². The summed E-state index contributed by atoms with van der Waals surface area (Å²) in [6, 6.07) is 5.09. The summed E-state index contributed by atoms with van der Waals surface area (Å²) in [4.78, 5) is 12.2. The Labute approximate surface area is 174 Å². The van der Waals surface area contributed by atoms with E-state index < -0.39 is 32.2 Å². The molecule has 1 atom stereocenters. The van der Waals surface area contributed by atoms with E-state index in [0.29, 0.717) is 24.8 Å². The van der Waals surface area contributed by atoms with Crippen molar-refractivity contribution in [2.24, 2.45) is 0 Å². The van der Waals surface area contributed by atoms with Crippen LogP contribution in [-0.4, -0.2) is 47.0 Å². The smallest absolute Gasteiger partial charge is 0.324 e. The van der Waals surface area contributed by atoms with Crippen LogP contribution in [0.15, 0.2) is 24.3 Å². The molecular weight excluding hydrogens is 418 g/mol. The SMILES string of the molecule is CCCCS(=O)(=O)N[C@@H](Cc1ccc(OS(=O)(=O)CCCC)cc1)C(=O)OCC. The Balaban J connectivity index is 2.87. The van der Waals surface area contributed by atoms with Crippen molar-refractivity contribution in [3.05, 3.63) is 29.8 Å². The highest BCUT2D eigenvalue weighted by Crippen LogP contribution is 2.17. The van der Waals surface area contributed by atoms with E-state index in [1.54, 1.807) is 19.1 Å². The summed E-state index contributed by atoms with van der Waals surface area (Å²) in [7, 11) is -7.27. The van der Waals surface area contributed by atoms with Crippen LogP contribution in [0, 0.1) is 0 Å². The molecule has 0 unspecified atom stereocenters. The number of hydrogen-bond acceptors (Lipinski definition) is 7. The van der Waals surface area contributed by atoms with Gasteiger partial charge in [-0.1, -0.05) is 38.8 Å². The number of nitrogens with one attached hydrogen (secondary N) is 1. The number of ether oxygens (including phenoxy) is 1. The van der Waals surface area contributed by atoms with Crippen molar-refractivity contribution >= 4 is 26.1 Å². The van der Waals surface area contributed by atoms with Gasteiger partial charge in [0, 0.05) is 0 Å². The number of carbonyl (C=O) groups is 1. The molecule has 1 N–H and O–H groups in total. The van der Waals surface area contributed by atoms with Crippen molar-refractivity contribution in [2.75, 3.05) is 18.1 Å². The van der Waals surface area contributed by atoms with E-state index in [1.165, 1.54) is 12.1 Å². The second-order valence-electron chi connectivity index (χ2n) is 6.64. The number of carbonyl (C=O) groups excluding carboxylic acids is 1. The van der Waals surface area contributed by atoms with E-state index in [4.69, 9.17) is 8.92 Å². The topological polar surface area (TPSA) is 116 Å². The molecule has 1 aromatic rings. The Morgan fingerprint density at radius 1 is 0.966 bits per heavy atom. The van der Waals surface area contributed by atoms with Crippen molar-refractivity contribution in [1.82, 2.24) is 4.72 Å². The Morgan fingerprint density at radius 2 is 1.55 bits per heavy atom. The molecule has 0 saturated carbocycles. The number of unbranched alkanes of at least 4 members (excludes halogenated alkanes) is 2. The molecule has 0 bridgehead atoms. The van der Waals surface area contributed by atoms with Gasteiger partial charge in [-0.25, -0.2) is 13.1 Å². The molecule has 1 aromatic carbocycles. The second-order valence-corrected chi connectivity index (χ2v) is 10.2. The molecule has 0 saturated heterocycles. The van der Waals surface area contributed by atoms with E-state index >= 15 is 0 Å². The van der Waals surface area contributed by atoms with Crippen molar-refractivity contribution < 1.29 is 30.6 Å². The van der Waals surface area contributed by atoms with Crippen LogP contribution < -0.4 is 8.91 Å². The highest BCUT2D eigenvalue weighted by molar-refractivity contribution is 7.89. The largest absolute Gasteiger partial charge is 0.465 e. The average Bonchev–Trinajstić information content (AvgIpc) is 2.65. The van der Waals surface area contributed by atoms with Gasteiger partial charge in [0.1, 0.15) is 11.8 Å². The zero-order valence-corrected chi connectivity index (χ0v) is 18.9. The first-order valence-corrected chi connectivity index (χ1v) is 13.0. The third-order valence-corrected chi connectivity index (χ3v) is 6.70. The quantitative estimate of drug-likeness (QED) is 0.342. The monoisotopic (exact) mass is 449 g/mol. The second kappa shape index (κ2) is 12.1. The van der Waals surface area contributed by atoms with Crippen molar-refractivity contribution in [1.29, 1.82) is 0 Å². The van der Waals surface area contributed by atoms with Crippen molar-refractivity contribution in [2.45, 2.75) is 58.9 Å². The first kappa shape index (κ1) is 25.4. The van der Waals surface area contributed by atoms with Gasteiger partial charge in [-0.15, -0.1) is 0 Å². The van der Waals surface area contributed by atoms with Gasteiger partial charge in [-0.05, 0) is 43.9 Å². The number of benzene rings is 1. The lowest BCUT2D eigenvalue weighted by atomic mass is 10.1. The lowest BCUT2D eigenvalue weighted by Gasteiger charge is -2.17. The summed E-state index contributed by atoms with van der Waals surface area (Å²) in [6.45, 7) is 5.55. The molecule has 10 heteroatoms. The van der Waals surface area contributed by atoms with Crippen LogP contribution in [0.2, 0.25) is 0 Å². The summed E-state index contributed by atoms with van der Waals surface area (Å²) >= 11 is 0. The zero-order valence-electron chi connectivity index (χ0n) is 17.2. The molecular formula is C19H31NO7S2. The van der Waals surface area contributed by atoms with Gasteiger partial charge in [-0.3, -0.25) is 4.79 Å². The van der Waals surface area contributed by atoms with Gasteiger partial charge in [0.05, 0.1) is 18.1 Å². The molecule has 29 heavy (non-hydrogen) atoms.